The molecule has 0 aliphatic rings. The highest BCUT2D eigenvalue weighted by Gasteiger charge is 2.08. The Morgan fingerprint density at radius 2 is 1.90 bits per heavy atom. The zero-order valence-electron chi connectivity index (χ0n) is 11.0. The minimum atomic E-state index is -0.233. The molecule has 20 heavy (non-hydrogen) atoms. The molecule has 2 aromatic rings. The number of amidine groups is 1. The van der Waals surface area contributed by atoms with Crippen LogP contribution in [0.4, 0.5) is 10.1 Å². The SMILES string of the molecule is CN(Cc1ccc(F)cc1)c1ccc(C(=N)N)cc1Br. The monoisotopic (exact) mass is 335 g/mol. The summed E-state index contributed by atoms with van der Waals surface area (Å²) in [6, 6.07) is 12.0. The molecular weight excluding hydrogens is 321 g/mol. The summed E-state index contributed by atoms with van der Waals surface area (Å²) in [6.07, 6.45) is 0. The van der Waals surface area contributed by atoms with Gasteiger partial charge in [0.05, 0.1) is 5.69 Å². The van der Waals surface area contributed by atoms with E-state index in [2.05, 4.69) is 15.9 Å². The normalized spacial score (nSPS) is 10.3. The van der Waals surface area contributed by atoms with Crippen molar-refractivity contribution in [3.63, 3.8) is 0 Å². The van der Waals surface area contributed by atoms with E-state index in [-0.39, 0.29) is 11.7 Å². The Hall–Kier alpha value is -1.88. The predicted octanol–water partition coefficient (Wildman–Crippen LogP) is 3.51. The summed E-state index contributed by atoms with van der Waals surface area (Å²) in [5.74, 6) is -0.193. The van der Waals surface area contributed by atoms with E-state index in [1.807, 2.05) is 30.1 Å². The van der Waals surface area contributed by atoms with Gasteiger partial charge in [-0.2, -0.15) is 0 Å². The minimum absolute atomic E-state index is 0.0402. The Kier molecular flexibility index (Phi) is 4.39. The molecule has 3 N–H and O–H groups in total. The van der Waals surface area contributed by atoms with Gasteiger partial charge in [0.15, 0.2) is 0 Å². The molecule has 0 aliphatic heterocycles. The molecule has 0 atom stereocenters. The van der Waals surface area contributed by atoms with Gasteiger partial charge < -0.3 is 10.6 Å². The number of nitrogens with two attached hydrogens (primary N) is 1. The van der Waals surface area contributed by atoms with E-state index in [1.165, 1.54) is 12.1 Å². The maximum absolute atomic E-state index is 12.9. The van der Waals surface area contributed by atoms with E-state index in [0.29, 0.717) is 12.1 Å². The van der Waals surface area contributed by atoms with E-state index >= 15 is 0 Å². The van der Waals surface area contributed by atoms with Gasteiger partial charge in [0, 0.05) is 23.6 Å². The maximum Gasteiger partial charge on any atom is 0.123 e. The van der Waals surface area contributed by atoms with Gasteiger partial charge in [0.25, 0.3) is 0 Å². The van der Waals surface area contributed by atoms with Crippen LogP contribution in [0.1, 0.15) is 11.1 Å². The molecule has 3 nitrogen and oxygen atoms in total. The van der Waals surface area contributed by atoms with E-state index < -0.39 is 0 Å². The number of rotatable bonds is 4. The van der Waals surface area contributed by atoms with Gasteiger partial charge in [-0.15, -0.1) is 0 Å². The zero-order chi connectivity index (χ0) is 14.7. The highest BCUT2D eigenvalue weighted by Crippen LogP contribution is 2.27. The van der Waals surface area contributed by atoms with Gasteiger partial charge in [-0.3, -0.25) is 5.41 Å². The molecule has 0 unspecified atom stereocenters. The Bertz CT molecular complexity index is 626. The molecule has 0 bridgehead atoms. The standard InChI is InChI=1S/C15H15BrFN3/c1-20(9-10-2-5-12(17)6-3-10)14-7-4-11(15(18)19)8-13(14)16/h2-8H,9H2,1H3,(H3,18,19). The van der Waals surface area contributed by atoms with E-state index in [0.717, 1.165) is 15.7 Å². The summed E-state index contributed by atoms with van der Waals surface area (Å²) >= 11 is 3.49. The lowest BCUT2D eigenvalue weighted by Gasteiger charge is -2.21. The van der Waals surface area contributed by atoms with Crippen molar-refractivity contribution in [2.75, 3.05) is 11.9 Å². The van der Waals surface area contributed by atoms with Crippen molar-refractivity contribution < 1.29 is 4.39 Å². The Balaban J connectivity index is 2.18. The molecule has 0 aromatic heterocycles. The molecule has 104 valence electrons. The molecule has 2 rings (SSSR count). The molecule has 0 radical (unpaired) electrons. The van der Waals surface area contributed by atoms with Crippen molar-refractivity contribution in [3.05, 3.63) is 63.9 Å². The zero-order valence-corrected chi connectivity index (χ0v) is 12.6. The number of halogens is 2. The van der Waals surface area contributed by atoms with Crippen LogP contribution in [-0.4, -0.2) is 12.9 Å². The lowest BCUT2D eigenvalue weighted by atomic mass is 10.1. The van der Waals surface area contributed by atoms with Gasteiger partial charge in [-0.1, -0.05) is 12.1 Å². The van der Waals surface area contributed by atoms with Crippen LogP contribution in [0.5, 0.6) is 0 Å². The number of nitrogen functional groups attached to an aromatic ring is 1. The third kappa shape index (κ3) is 3.36. The number of hydrogen-bond donors (Lipinski definition) is 2. The van der Waals surface area contributed by atoms with Crippen molar-refractivity contribution in [2.45, 2.75) is 6.54 Å². The summed E-state index contributed by atoms with van der Waals surface area (Å²) in [5.41, 5.74) is 8.15. The van der Waals surface area contributed by atoms with Crippen LogP contribution in [0.15, 0.2) is 46.9 Å². The highest BCUT2D eigenvalue weighted by atomic mass is 79.9. The van der Waals surface area contributed by atoms with Gasteiger partial charge >= 0.3 is 0 Å². The third-order valence-electron chi connectivity index (χ3n) is 3.00. The molecule has 2 aromatic carbocycles. The molecule has 0 heterocycles. The lowest BCUT2D eigenvalue weighted by Crippen LogP contribution is -2.17. The summed E-state index contributed by atoms with van der Waals surface area (Å²) < 4.78 is 13.7. The largest absolute Gasteiger partial charge is 0.384 e. The minimum Gasteiger partial charge on any atom is -0.384 e. The third-order valence-corrected chi connectivity index (χ3v) is 3.64. The summed E-state index contributed by atoms with van der Waals surface area (Å²) in [7, 11) is 1.96. The van der Waals surface area contributed by atoms with Crippen molar-refractivity contribution in [2.24, 2.45) is 5.73 Å². The summed E-state index contributed by atoms with van der Waals surface area (Å²) in [6.45, 7) is 0.665. The van der Waals surface area contributed by atoms with E-state index in [9.17, 15) is 4.39 Å². The Labute approximate surface area is 125 Å². The second-order valence-electron chi connectivity index (χ2n) is 4.56. The fourth-order valence-electron chi connectivity index (χ4n) is 1.93. The number of nitrogens with zero attached hydrogens (tertiary/aromatic N) is 1. The van der Waals surface area contributed by atoms with Crippen molar-refractivity contribution in [3.8, 4) is 0 Å². The van der Waals surface area contributed by atoms with Crippen LogP contribution in [0.2, 0.25) is 0 Å². The quantitative estimate of drug-likeness (QED) is 0.663. The van der Waals surface area contributed by atoms with Gasteiger partial charge in [-0.25, -0.2) is 4.39 Å². The van der Waals surface area contributed by atoms with Crippen LogP contribution in [-0.2, 0) is 6.54 Å². The lowest BCUT2D eigenvalue weighted by molar-refractivity contribution is 0.627. The first-order valence-electron chi connectivity index (χ1n) is 6.07. The van der Waals surface area contributed by atoms with Gasteiger partial charge in [0.1, 0.15) is 11.7 Å². The average Bonchev–Trinajstić information content (AvgIpc) is 2.41. The average molecular weight is 336 g/mol. The van der Waals surface area contributed by atoms with Crippen molar-refractivity contribution in [1.82, 2.24) is 0 Å². The van der Waals surface area contributed by atoms with Crippen LogP contribution in [0.25, 0.3) is 0 Å². The van der Waals surface area contributed by atoms with Crippen LogP contribution in [0.3, 0.4) is 0 Å². The second-order valence-corrected chi connectivity index (χ2v) is 5.42. The Morgan fingerprint density at radius 1 is 1.25 bits per heavy atom. The number of anilines is 1. The fourth-order valence-corrected chi connectivity index (χ4v) is 2.61. The molecule has 0 fully saturated rings. The first-order valence-corrected chi connectivity index (χ1v) is 6.86. The number of benzene rings is 2. The maximum atomic E-state index is 12.9. The molecule has 0 amide bonds. The van der Waals surface area contributed by atoms with E-state index in [1.54, 1.807) is 12.1 Å². The highest BCUT2D eigenvalue weighted by molar-refractivity contribution is 9.10. The van der Waals surface area contributed by atoms with Crippen LogP contribution < -0.4 is 10.6 Å². The Morgan fingerprint density at radius 3 is 2.45 bits per heavy atom. The fraction of sp³-hybridized carbons (Fsp3) is 0.133. The smallest absolute Gasteiger partial charge is 0.123 e. The van der Waals surface area contributed by atoms with Gasteiger partial charge in [0.2, 0.25) is 0 Å². The summed E-state index contributed by atoms with van der Waals surface area (Å²) in [4.78, 5) is 2.04. The molecule has 0 saturated heterocycles. The second kappa shape index (κ2) is 6.05. The molecular formula is C15H15BrFN3. The van der Waals surface area contributed by atoms with Crippen LogP contribution in [0, 0.1) is 11.2 Å². The van der Waals surface area contributed by atoms with Crippen LogP contribution >= 0.6 is 15.9 Å². The molecule has 5 heteroatoms. The predicted molar refractivity (Wildman–Crippen MR) is 83.7 cm³/mol. The first kappa shape index (κ1) is 14.5. The first-order chi connectivity index (χ1) is 9.47. The number of nitrogens with one attached hydrogen (secondary N) is 1. The molecule has 0 spiro atoms. The van der Waals surface area contributed by atoms with Crippen molar-refractivity contribution >= 4 is 27.5 Å². The van der Waals surface area contributed by atoms with E-state index in [4.69, 9.17) is 11.1 Å². The molecule has 0 saturated carbocycles. The summed E-state index contributed by atoms with van der Waals surface area (Å²) in [5, 5.41) is 7.42. The van der Waals surface area contributed by atoms with Crippen molar-refractivity contribution in [1.29, 1.82) is 5.41 Å². The molecule has 0 aliphatic carbocycles. The topological polar surface area (TPSA) is 53.1 Å². The van der Waals surface area contributed by atoms with Gasteiger partial charge in [-0.05, 0) is 51.8 Å². The number of hydrogen-bond acceptors (Lipinski definition) is 2.